The quantitative estimate of drug-likeness (QED) is 0.654. The number of methoxy groups -OCH3 is 1. The predicted octanol–water partition coefficient (Wildman–Crippen LogP) is 3.96. The van der Waals surface area contributed by atoms with Gasteiger partial charge in [-0.25, -0.2) is 0 Å². The lowest BCUT2D eigenvalue weighted by Crippen LogP contribution is -2.23. The normalized spacial score (nSPS) is 10.5. The van der Waals surface area contributed by atoms with Gasteiger partial charge in [0.2, 0.25) is 5.91 Å². The molecule has 0 heterocycles. The predicted molar refractivity (Wildman–Crippen MR) is 102 cm³/mol. The number of rotatable bonds is 10. The van der Waals surface area contributed by atoms with Crippen LogP contribution < -0.4 is 19.5 Å². The van der Waals surface area contributed by atoms with Crippen molar-refractivity contribution in [3.8, 4) is 17.2 Å². The Bertz CT molecular complexity index is 686. The summed E-state index contributed by atoms with van der Waals surface area (Å²) in [6.45, 7) is 4.91. The van der Waals surface area contributed by atoms with Crippen molar-refractivity contribution in [1.82, 2.24) is 5.32 Å². The number of carbonyl (C=O) groups excluding carboxylic acids is 1. The Morgan fingerprint density at radius 3 is 2.54 bits per heavy atom. The van der Waals surface area contributed by atoms with Gasteiger partial charge in [0.1, 0.15) is 5.75 Å². The lowest BCUT2D eigenvalue weighted by atomic mass is 10.2. The highest BCUT2D eigenvalue weighted by Gasteiger charge is 2.08. The molecule has 1 amide bonds. The molecule has 2 aromatic carbocycles. The van der Waals surface area contributed by atoms with Crippen molar-refractivity contribution in [2.24, 2.45) is 0 Å². The second kappa shape index (κ2) is 10.3. The Hall–Kier alpha value is -2.69. The van der Waals surface area contributed by atoms with Crippen LogP contribution in [0.3, 0.4) is 0 Å². The summed E-state index contributed by atoms with van der Waals surface area (Å²) < 4.78 is 16.6. The molecule has 0 aliphatic heterocycles. The van der Waals surface area contributed by atoms with Crippen LogP contribution in [0.2, 0.25) is 0 Å². The molecule has 2 aromatic rings. The SMILES string of the molecule is COc1cc(CNC(=O)CCCOc2ccccc2)ccc1OC(C)C. The standard InChI is InChI=1S/C21H27NO4/c1-16(2)26-19-12-11-17(14-20(19)24-3)15-22-21(23)10-7-13-25-18-8-5-4-6-9-18/h4-6,8-9,11-12,14,16H,7,10,13,15H2,1-3H3,(H,22,23). The van der Waals surface area contributed by atoms with Gasteiger partial charge in [-0.05, 0) is 50.1 Å². The maximum Gasteiger partial charge on any atom is 0.220 e. The number of nitrogens with one attached hydrogen (secondary N) is 1. The smallest absolute Gasteiger partial charge is 0.220 e. The lowest BCUT2D eigenvalue weighted by molar-refractivity contribution is -0.121. The average molecular weight is 357 g/mol. The van der Waals surface area contributed by atoms with Gasteiger partial charge in [0.15, 0.2) is 11.5 Å². The summed E-state index contributed by atoms with van der Waals surface area (Å²) in [5, 5.41) is 2.92. The van der Waals surface area contributed by atoms with E-state index in [9.17, 15) is 4.79 Å². The first-order valence-electron chi connectivity index (χ1n) is 8.86. The van der Waals surface area contributed by atoms with E-state index >= 15 is 0 Å². The van der Waals surface area contributed by atoms with Crippen LogP contribution >= 0.6 is 0 Å². The summed E-state index contributed by atoms with van der Waals surface area (Å²) in [5.41, 5.74) is 0.965. The maximum absolute atomic E-state index is 12.0. The molecule has 0 bridgehead atoms. The van der Waals surface area contributed by atoms with Crippen LogP contribution in [0.1, 0.15) is 32.3 Å². The Balaban J connectivity index is 1.73. The van der Waals surface area contributed by atoms with E-state index in [-0.39, 0.29) is 12.0 Å². The first-order chi connectivity index (χ1) is 12.6. The van der Waals surface area contributed by atoms with Gasteiger partial charge in [-0.15, -0.1) is 0 Å². The fraction of sp³-hybridized carbons (Fsp3) is 0.381. The molecule has 5 heteroatoms. The maximum atomic E-state index is 12.0. The Kier molecular flexibility index (Phi) is 7.80. The van der Waals surface area contributed by atoms with Gasteiger partial charge in [0.05, 0.1) is 19.8 Å². The van der Waals surface area contributed by atoms with E-state index in [4.69, 9.17) is 14.2 Å². The van der Waals surface area contributed by atoms with E-state index in [1.54, 1.807) is 7.11 Å². The molecule has 0 unspecified atom stereocenters. The average Bonchev–Trinajstić information content (AvgIpc) is 2.65. The third-order valence-corrected chi connectivity index (χ3v) is 3.64. The van der Waals surface area contributed by atoms with Crippen LogP contribution in [0.4, 0.5) is 0 Å². The molecule has 0 atom stereocenters. The molecular formula is C21H27NO4. The minimum absolute atomic E-state index is 0.00290. The third kappa shape index (κ3) is 6.67. The van der Waals surface area contributed by atoms with Gasteiger partial charge in [-0.1, -0.05) is 24.3 Å². The number of hydrogen-bond donors (Lipinski definition) is 1. The summed E-state index contributed by atoms with van der Waals surface area (Å²) in [6.07, 6.45) is 1.18. The van der Waals surface area contributed by atoms with Gasteiger partial charge >= 0.3 is 0 Å². The van der Waals surface area contributed by atoms with E-state index in [2.05, 4.69) is 5.32 Å². The van der Waals surface area contributed by atoms with E-state index in [0.717, 1.165) is 11.3 Å². The lowest BCUT2D eigenvalue weighted by Gasteiger charge is -2.14. The van der Waals surface area contributed by atoms with Crippen LogP contribution in [-0.2, 0) is 11.3 Å². The first kappa shape index (κ1) is 19.6. The highest BCUT2D eigenvalue weighted by molar-refractivity contribution is 5.75. The van der Waals surface area contributed by atoms with E-state index in [1.807, 2.05) is 62.4 Å². The molecule has 0 aliphatic rings. The molecule has 0 saturated carbocycles. The van der Waals surface area contributed by atoms with Crippen molar-refractivity contribution < 1.29 is 19.0 Å². The molecule has 0 radical (unpaired) electrons. The summed E-state index contributed by atoms with van der Waals surface area (Å²) in [6, 6.07) is 15.3. The molecule has 2 rings (SSSR count). The Labute approximate surface area is 155 Å². The number of amides is 1. The van der Waals surface area contributed by atoms with Crippen molar-refractivity contribution >= 4 is 5.91 Å². The van der Waals surface area contributed by atoms with E-state index in [0.29, 0.717) is 37.5 Å². The van der Waals surface area contributed by atoms with Gasteiger partial charge in [0, 0.05) is 13.0 Å². The minimum Gasteiger partial charge on any atom is -0.494 e. The Morgan fingerprint density at radius 1 is 1.08 bits per heavy atom. The zero-order valence-corrected chi connectivity index (χ0v) is 15.7. The van der Waals surface area contributed by atoms with Gasteiger partial charge in [-0.3, -0.25) is 4.79 Å². The van der Waals surface area contributed by atoms with Gasteiger partial charge in [-0.2, -0.15) is 0 Å². The van der Waals surface area contributed by atoms with Crippen LogP contribution in [0.25, 0.3) is 0 Å². The zero-order chi connectivity index (χ0) is 18.8. The van der Waals surface area contributed by atoms with Crippen molar-refractivity contribution in [2.45, 2.75) is 39.3 Å². The number of hydrogen-bond acceptors (Lipinski definition) is 4. The first-order valence-corrected chi connectivity index (χ1v) is 8.86. The summed E-state index contributed by atoms with van der Waals surface area (Å²) in [5.74, 6) is 2.20. The van der Waals surface area contributed by atoms with Crippen molar-refractivity contribution in [3.05, 3.63) is 54.1 Å². The summed E-state index contributed by atoms with van der Waals surface area (Å²) in [7, 11) is 1.61. The van der Waals surface area contributed by atoms with Crippen LogP contribution in [-0.4, -0.2) is 25.7 Å². The van der Waals surface area contributed by atoms with E-state index in [1.165, 1.54) is 0 Å². The van der Waals surface area contributed by atoms with Crippen LogP contribution in [0.5, 0.6) is 17.2 Å². The van der Waals surface area contributed by atoms with Crippen LogP contribution in [0, 0.1) is 0 Å². The second-order valence-corrected chi connectivity index (χ2v) is 6.19. The molecule has 0 fully saturated rings. The number of para-hydroxylation sites is 1. The largest absolute Gasteiger partial charge is 0.494 e. The molecule has 0 spiro atoms. The Morgan fingerprint density at radius 2 is 1.85 bits per heavy atom. The van der Waals surface area contributed by atoms with E-state index < -0.39 is 0 Å². The number of ether oxygens (including phenoxy) is 3. The number of benzene rings is 2. The molecule has 26 heavy (non-hydrogen) atoms. The molecule has 0 aromatic heterocycles. The van der Waals surface area contributed by atoms with Crippen LogP contribution in [0.15, 0.2) is 48.5 Å². The van der Waals surface area contributed by atoms with Crippen molar-refractivity contribution in [1.29, 1.82) is 0 Å². The summed E-state index contributed by atoms with van der Waals surface area (Å²) >= 11 is 0. The third-order valence-electron chi connectivity index (χ3n) is 3.64. The molecular weight excluding hydrogens is 330 g/mol. The molecule has 1 N–H and O–H groups in total. The molecule has 140 valence electrons. The topological polar surface area (TPSA) is 56.8 Å². The minimum atomic E-state index is 0.00290. The van der Waals surface area contributed by atoms with Crippen molar-refractivity contribution in [3.63, 3.8) is 0 Å². The van der Waals surface area contributed by atoms with Gasteiger partial charge < -0.3 is 19.5 Å². The van der Waals surface area contributed by atoms with Crippen molar-refractivity contribution in [2.75, 3.05) is 13.7 Å². The molecule has 0 saturated heterocycles. The highest BCUT2D eigenvalue weighted by Crippen LogP contribution is 2.28. The second-order valence-electron chi connectivity index (χ2n) is 6.19. The number of carbonyl (C=O) groups is 1. The zero-order valence-electron chi connectivity index (χ0n) is 15.7. The molecule has 0 aliphatic carbocycles. The van der Waals surface area contributed by atoms with Gasteiger partial charge in [0.25, 0.3) is 0 Å². The summed E-state index contributed by atoms with van der Waals surface area (Å²) in [4.78, 5) is 12.0. The monoisotopic (exact) mass is 357 g/mol. The fourth-order valence-corrected chi connectivity index (χ4v) is 2.40. The molecule has 5 nitrogen and oxygen atoms in total. The fourth-order valence-electron chi connectivity index (χ4n) is 2.40. The highest BCUT2D eigenvalue weighted by atomic mass is 16.5.